The monoisotopic (exact) mass is 378 g/mol. The molecule has 150 valence electrons. The molecule has 27 heavy (non-hydrogen) atoms. The molecule has 1 aromatic carbocycles. The number of aliphatic hydroxyl groups excluding tert-OH is 1. The highest BCUT2D eigenvalue weighted by molar-refractivity contribution is 5.79. The molecule has 0 aliphatic carbocycles. The molecule has 1 amide bonds. The highest BCUT2D eigenvalue weighted by Crippen LogP contribution is 2.15. The van der Waals surface area contributed by atoms with Gasteiger partial charge in [0.05, 0.1) is 18.8 Å². The minimum absolute atomic E-state index is 0.238. The first-order chi connectivity index (χ1) is 13.0. The van der Waals surface area contributed by atoms with Crippen molar-refractivity contribution in [3.05, 3.63) is 29.8 Å². The molecule has 8 nitrogen and oxygen atoms in total. The van der Waals surface area contributed by atoms with Crippen molar-refractivity contribution in [3.8, 4) is 5.75 Å². The van der Waals surface area contributed by atoms with Crippen LogP contribution in [0.25, 0.3) is 0 Å². The number of nitrogens with one attached hydrogen (secondary N) is 3. The fourth-order valence-electron chi connectivity index (χ4n) is 2.80. The van der Waals surface area contributed by atoms with Gasteiger partial charge in [-0.05, 0) is 44.1 Å². The van der Waals surface area contributed by atoms with Crippen molar-refractivity contribution in [1.29, 1.82) is 0 Å². The van der Waals surface area contributed by atoms with Gasteiger partial charge in [-0.25, -0.2) is 10.9 Å². The normalized spacial score (nSPS) is 23.0. The second kappa shape index (κ2) is 11.0. The number of nitrogens with zero attached hydrogens (tertiary/aromatic N) is 1. The Morgan fingerprint density at radius 3 is 2.74 bits per heavy atom. The Hall–Kier alpha value is -2.00. The minimum atomic E-state index is -0.871. The number of rotatable bonds is 5. The maximum absolute atomic E-state index is 12.0. The van der Waals surface area contributed by atoms with Crippen LogP contribution in [-0.2, 0) is 16.0 Å². The molecule has 2 unspecified atom stereocenters. The van der Waals surface area contributed by atoms with E-state index in [1.807, 2.05) is 43.1 Å². The molecular weight excluding hydrogens is 348 g/mol. The Kier molecular flexibility index (Phi) is 8.66. The van der Waals surface area contributed by atoms with Crippen molar-refractivity contribution in [3.63, 3.8) is 0 Å². The van der Waals surface area contributed by atoms with Gasteiger partial charge in [0.1, 0.15) is 11.9 Å². The molecule has 8 heteroatoms. The third-order valence-electron chi connectivity index (χ3n) is 4.58. The molecule has 0 saturated carbocycles. The molecule has 3 atom stereocenters. The Morgan fingerprint density at radius 2 is 2.07 bits per heavy atom. The number of carbonyl (C=O) groups excluding carboxylic acids is 2. The summed E-state index contributed by atoms with van der Waals surface area (Å²) in [6.07, 6.45) is 0.441. The quantitative estimate of drug-likeness (QED) is 0.527. The van der Waals surface area contributed by atoms with Gasteiger partial charge >= 0.3 is 0 Å². The predicted octanol–water partition coefficient (Wildman–Crippen LogP) is -0.182. The van der Waals surface area contributed by atoms with Crippen molar-refractivity contribution in [2.75, 3.05) is 26.7 Å². The van der Waals surface area contributed by atoms with Gasteiger partial charge in [0.2, 0.25) is 5.91 Å². The van der Waals surface area contributed by atoms with E-state index in [-0.39, 0.29) is 18.4 Å². The summed E-state index contributed by atoms with van der Waals surface area (Å²) >= 11 is 0. The third kappa shape index (κ3) is 7.26. The number of hydrogen-bond acceptors (Lipinski definition) is 7. The van der Waals surface area contributed by atoms with Crippen LogP contribution in [0.2, 0.25) is 0 Å². The maximum atomic E-state index is 12.0. The molecule has 3 rings (SSSR count). The summed E-state index contributed by atoms with van der Waals surface area (Å²) in [6.45, 7) is 3.74. The maximum Gasteiger partial charge on any atom is 0.221 e. The number of likely N-dealkylation sites (N-methyl/N-ethyl adjacent to an activating group) is 1. The van der Waals surface area contributed by atoms with E-state index in [9.17, 15) is 14.7 Å². The second-order valence-electron chi connectivity index (χ2n) is 6.80. The van der Waals surface area contributed by atoms with E-state index in [2.05, 4.69) is 16.2 Å². The molecule has 2 aliphatic rings. The fraction of sp³-hybridized carbons (Fsp3) is 0.579. The lowest BCUT2D eigenvalue weighted by Gasteiger charge is -2.29. The van der Waals surface area contributed by atoms with Gasteiger partial charge in [-0.3, -0.25) is 9.59 Å². The van der Waals surface area contributed by atoms with Crippen molar-refractivity contribution in [1.82, 2.24) is 21.1 Å². The number of benzene rings is 1. The van der Waals surface area contributed by atoms with Crippen LogP contribution in [0.1, 0.15) is 25.3 Å². The van der Waals surface area contributed by atoms with Gasteiger partial charge in [0.25, 0.3) is 0 Å². The average Bonchev–Trinajstić information content (AvgIpc) is 2.68. The number of fused-ring (bicyclic) bond motifs is 12. The van der Waals surface area contributed by atoms with Crippen LogP contribution in [-0.4, -0.2) is 67.3 Å². The first-order valence-corrected chi connectivity index (χ1v) is 9.36. The summed E-state index contributed by atoms with van der Waals surface area (Å²) in [6, 6.07) is 7.34. The van der Waals surface area contributed by atoms with Gasteiger partial charge in [0, 0.05) is 13.0 Å². The Labute approximate surface area is 160 Å². The van der Waals surface area contributed by atoms with Gasteiger partial charge in [-0.2, -0.15) is 0 Å². The highest BCUT2D eigenvalue weighted by Gasteiger charge is 2.22. The SMILES string of the molecule is CCN(C)CC(O)[C@@H]1Cc2ccc(cc2)OCCCC(=O)NC(C=O)NN1. The van der Waals surface area contributed by atoms with Gasteiger partial charge in [-0.15, -0.1) is 0 Å². The molecular formula is C19H30N4O4. The molecule has 2 aliphatic heterocycles. The Morgan fingerprint density at radius 1 is 1.33 bits per heavy atom. The van der Waals surface area contributed by atoms with Crippen LogP contribution >= 0.6 is 0 Å². The van der Waals surface area contributed by atoms with Crippen LogP contribution in [0, 0.1) is 0 Å². The zero-order chi connectivity index (χ0) is 19.6. The minimum Gasteiger partial charge on any atom is -0.494 e. The lowest BCUT2D eigenvalue weighted by molar-refractivity contribution is -0.124. The van der Waals surface area contributed by atoms with E-state index in [4.69, 9.17) is 4.74 Å². The topological polar surface area (TPSA) is 103 Å². The zero-order valence-electron chi connectivity index (χ0n) is 16.0. The summed E-state index contributed by atoms with van der Waals surface area (Å²) in [5.74, 6) is 0.506. The molecule has 2 heterocycles. The van der Waals surface area contributed by atoms with Crippen LogP contribution < -0.4 is 20.9 Å². The largest absolute Gasteiger partial charge is 0.494 e. The van der Waals surface area contributed by atoms with Crippen LogP contribution in [0.5, 0.6) is 5.75 Å². The van der Waals surface area contributed by atoms with E-state index in [1.54, 1.807) is 0 Å². The molecule has 2 bridgehead atoms. The molecule has 1 aromatic rings. The third-order valence-corrected chi connectivity index (χ3v) is 4.58. The van der Waals surface area contributed by atoms with Crippen molar-refractivity contribution in [2.24, 2.45) is 0 Å². The van der Waals surface area contributed by atoms with Crippen LogP contribution in [0.15, 0.2) is 24.3 Å². The summed E-state index contributed by atoms with van der Waals surface area (Å²) in [4.78, 5) is 25.3. The first kappa shape index (κ1) is 21.3. The van der Waals surface area contributed by atoms with Gasteiger partial charge < -0.3 is 20.1 Å². The number of ether oxygens (including phenoxy) is 1. The number of amides is 1. The molecule has 0 radical (unpaired) electrons. The van der Waals surface area contributed by atoms with Crippen molar-refractivity contribution in [2.45, 2.75) is 44.5 Å². The van der Waals surface area contributed by atoms with Crippen molar-refractivity contribution >= 4 is 12.2 Å². The number of aldehydes is 1. The summed E-state index contributed by atoms with van der Waals surface area (Å²) in [5, 5.41) is 13.3. The molecule has 0 saturated heterocycles. The van der Waals surface area contributed by atoms with E-state index < -0.39 is 12.3 Å². The van der Waals surface area contributed by atoms with Gasteiger partial charge in [-0.1, -0.05) is 19.1 Å². The molecule has 0 fully saturated rings. The van der Waals surface area contributed by atoms with E-state index in [1.165, 1.54) is 0 Å². The smallest absolute Gasteiger partial charge is 0.221 e. The number of hydrogen-bond donors (Lipinski definition) is 4. The molecule has 0 aromatic heterocycles. The highest BCUT2D eigenvalue weighted by atomic mass is 16.5. The lowest BCUT2D eigenvalue weighted by atomic mass is 10.0. The van der Waals surface area contributed by atoms with Crippen LogP contribution in [0.4, 0.5) is 0 Å². The summed E-state index contributed by atoms with van der Waals surface area (Å²) < 4.78 is 5.64. The number of hydrazine groups is 1. The average molecular weight is 378 g/mol. The predicted molar refractivity (Wildman–Crippen MR) is 102 cm³/mol. The first-order valence-electron chi connectivity index (χ1n) is 9.36. The molecule has 0 spiro atoms. The van der Waals surface area contributed by atoms with Crippen LogP contribution in [0.3, 0.4) is 0 Å². The lowest BCUT2D eigenvalue weighted by Crippen LogP contribution is -2.59. The van der Waals surface area contributed by atoms with E-state index in [0.29, 0.717) is 32.3 Å². The Bertz CT molecular complexity index is 596. The number of aliphatic hydroxyl groups is 1. The Balaban J connectivity index is 2.15. The van der Waals surface area contributed by atoms with Gasteiger partial charge in [0.15, 0.2) is 6.29 Å². The second-order valence-corrected chi connectivity index (χ2v) is 6.80. The van der Waals surface area contributed by atoms with Crippen molar-refractivity contribution < 1.29 is 19.4 Å². The van der Waals surface area contributed by atoms with E-state index in [0.717, 1.165) is 17.9 Å². The summed E-state index contributed by atoms with van der Waals surface area (Å²) in [5.41, 5.74) is 6.87. The fourth-order valence-corrected chi connectivity index (χ4v) is 2.80. The number of carbonyl (C=O) groups is 2. The summed E-state index contributed by atoms with van der Waals surface area (Å²) in [7, 11) is 1.93. The van der Waals surface area contributed by atoms with E-state index >= 15 is 0 Å². The standard InChI is InChI=1S/C19H30N4O4/c1-3-23(2)12-17(25)16-11-14-6-8-15(9-7-14)27-10-4-5-19(26)20-18(13-24)22-21-16/h6-9,13,16-18,21-22,25H,3-5,10-12H2,1-2H3,(H,20,26)/t16-,17?,18?/m0/s1. The zero-order valence-corrected chi connectivity index (χ0v) is 16.0. The molecule has 4 N–H and O–H groups in total.